The van der Waals surface area contributed by atoms with Crippen molar-refractivity contribution in [1.29, 1.82) is 0 Å². The van der Waals surface area contributed by atoms with Crippen LogP contribution in [0.15, 0.2) is 60.7 Å². The number of carboxylic acids is 2. The lowest BCUT2D eigenvalue weighted by atomic mass is 10.3. The van der Waals surface area contributed by atoms with E-state index >= 15 is 0 Å². The number of hydrogen-bond donors (Lipinski definition) is 2. The molecular formula is C24H28O8S4. The second-order valence-electron chi connectivity index (χ2n) is 6.65. The molecule has 0 atom stereocenters. The fourth-order valence-corrected chi connectivity index (χ4v) is 5.99. The molecule has 0 spiro atoms. The summed E-state index contributed by atoms with van der Waals surface area (Å²) in [5.74, 6) is 1.32. The summed E-state index contributed by atoms with van der Waals surface area (Å²) in [6.07, 6.45) is 0.928. The lowest BCUT2D eigenvalue weighted by Crippen LogP contribution is -2.09. The van der Waals surface area contributed by atoms with Crippen molar-refractivity contribution in [1.82, 2.24) is 0 Å². The van der Waals surface area contributed by atoms with E-state index in [1.165, 1.54) is 21.6 Å². The van der Waals surface area contributed by atoms with Gasteiger partial charge in [-0.15, -0.1) is 0 Å². The van der Waals surface area contributed by atoms with Crippen LogP contribution in [0.5, 0.6) is 11.5 Å². The van der Waals surface area contributed by atoms with Gasteiger partial charge in [-0.3, -0.25) is 19.2 Å². The fourth-order valence-electron chi connectivity index (χ4n) is 2.09. The van der Waals surface area contributed by atoms with E-state index in [9.17, 15) is 19.2 Å². The Kier molecular flexibility index (Phi) is 18.4. The van der Waals surface area contributed by atoms with E-state index in [2.05, 4.69) is 0 Å². The zero-order valence-corrected chi connectivity index (χ0v) is 22.7. The molecule has 2 aromatic rings. The summed E-state index contributed by atoms with van der Waals surface area (Å²) in [6.45, 7) is 0. The highest BCUT2D eigenvalue weighted by Gasteiger charge is 2.07. The first-order valence-electron chi connectivity index (χ1n) is 10.8. The molecule has 0 amide bonds. The molecule has 0 fully saturated rings. The Hall–Kier alpha value is -2.28. The second kappa shape index (κ2) is 20.9. The molecule has 12 heteroatoms. The molecule has 0 aliphatic heterocycles. The minimum absolute atomic E-state index is 0.130. The van der Waals surface area contributed by atoms with Crippen molar-refractivity contribution in [2.24, 2.45) is 0 Å². The number of carboxylic acid groups (broad SMARTS) is 2. The van der Waals surface area contributed by atoms with Crippen LogP contribution in [-0.2, 0) is 19.2 Å². The molecule has 8 nitrogen and oxygen atoms in total. The van der Waals surface area contributed by atoms with E-state index in [0.29, 0.717) is 47.4 Å². The molecule has 196 valence electrons. The number of carbonyl (C=O) groups is 4. The quantitative estimate of drug-likeness (QED) is 0.111. The average molecular weight is 573 g/mol. The summed E-state index contributed by atoms with van der Waals surface area (Å²) in [4.78, 5) is 43.3. The predicted octanol–water partition coefficient (Wildman–Crippen LogP) is 5.68. The van der Waals surface area contributed by atoms with E-state index in [-0.39, 0.29) is 24.8 Å². The number of rotatable bonds is 16. The van der Waals surface area contributed by atoms with Crippen LogP contribution in [-0.4, -0.2) is 57.1 Å². The van der Waals surface area contributed by atoms with Crippen molar-refractivity contribution in [3.8, 4) is 11.5 Å². The van der Waals surface area contributed by atoms with Crippen LogP contribution in [0.4, 0.5) is 0 Å². The van der Waals surface area contributed by atoms with Crippen molar-refractivity contribution in [2.75, 3.05) is 23.0 Å². The largest absolute Gasteiger partial charge is 0.481 e. The van der Waals surface area contributed by atoms with Gasteiger partial charge in [-0.1, -0.05) is 79.6 Å². The number of carbonyl (C=O) groups excluding carboxylic acids is 2. The number of hydrogen-bond acceptors (Lipinski definition) is 10. The monoisotopic (exact) mass is 572 g/mol. The molecule has 0 unspecified atom stereocenters. The first kappa shape index (κ1) is 31.7. The third kappa shape index (κ3) is 19.0. The highest BCUT2D eigenvalue weighted by molar-refractivity contribution is 8.77. The summed E-state index contributed by atoms with van der Waals surface area (Å²) in [5.41, 5.74) is 0. The molecule has 0 saturated heterocycles. The third-order valence-corrected chi connectivity index (χ3v) is 8.51. The molecule has 0 saturated carbocycles. The fraction of sp³-hybridized carbons (Fsp3) is 0.333. The summed E-state index contributed by atoms with van der Waals surface area (Å²) < 4.78 is 10.4. The number of aliphatic carboxylic acids is 2. The maximum Gasteiger partial charge on any atom is 0.312 e. The first-order chi connectivity index (χ1) is 17.4. The highest BCUT2D eigenvalue weighted by atomic mass is 33.1. The molecule has 0 aliphatic rings. The highest BCUT2D eigenvalue weighted by Crippen LogP contribution is 2.24. The molecule has 2 aromatic carbocycles. The normalized spacial score (nSPS) is 10.0. The molecule has 0 aliphatic carbocycles. The van der Waals surface area contributed by atoms with Crippen LogP contribution in [0.2, 0.25) is 0 Å². The van der Waals surface area contributed by atoms with Gasteiger partial charge in [-0.2, -0.15) is 0 Å². The van der Waals surface area contributed by atoms with Crippen molar-refractivity contribution in [3.05, 3.63) is 60.7 Å². The van der Waals surface area contributed by atoms with E-state index in [1.54, 1.807) is 45.9 Å². The minimum atomic E-state index is -0.818. The Morgan fingerprint density at radius 1 is 0.528 bits per heavy atom. The molecule has 0 aromatic heterocycles. The maximum atomic E-state index is 11.6. The topological polar surface area (TPSA) is 127 Å². The van der Waals surface area contributed by atoms with Gasteiger partial charge in [0.05, 0.1) is 25.7 Å². The molecule has 0 bridgehead atoms. The van der Waals surface area contributed by atoms with Gasteiger partial charge >= 0.3 is 23.9 Å². The van der Waals surface area contributed by atoms with Gasteiger partial charge in [0, 0.05) is 23.0 Å². The van der Waals surface area contributed by atoms with E-state index in [0.717, 1.165) is 0 Å². The van der Waals surface area contributed by atoms with Crippen LogP contribution in [0.1, 0.15) is 25.7 Å². The summed E-state index contributed by atoms with van der Waals surface area (Å²) in [5, 5.41) is 16.5. The summed E-state index contributed by atoms with van der Waals surface area (Å²) in [7, 11) is 5.89. The van der Waals surface area contributed by atoms with Gasteiger partial charge < -0.3 is 19.7 Å². The van der Waals surface area contributed by atoms with Crippen molar-refractivity contribution < 1.29 is 38.9 Å². The maximum absolute atomic E-state index is 11.6. The van der Waals surface area contributed by atoms with Crippen molar-refractivity contribution >= 4 is 67.1 Å². The zero-order valence-electron chi connectivity index (χ0n) is 19.4. The van der Waals surface area contributed by atoms with Gasteiger partial charge in [0.15, 0.2) is 0 Å². The van der Waals surface area contributed by atoms with Gasteiger partial charge in [0.25, 0.3) is 0 Å². The smallest absolute Gasteiger partial charge is 0.312 e. The SMILES string of the molecule is O=C(CCSSCCC(=O)Oc1ccccc1)Oc1ccccc1.O=C(O)CCSSCCC(=O)O. The molecule has 0 heterocycles. The Balaban J connectivity index is 0.000000457. The standard InChI is InChI=1S/C18H18O4S2.C6H10O4S2/c19-17(21-15-7-3-1-4-8-15)11-13-23-24-14-12-18(20)22-16-9-5-2-6-10-16;7-5(8)1-3-11-12-4-2-6(9)10/h1-10H,11-14H2;1-4H2,(H,7,8)(H,9,10). The van der Waals surface area contributed by atoms with Gasteiger partial charge in [0.1, 0.15) is 11.5 Å². The molecular weight excluding hydrogens is 545 g/mol. The lowest BCUT2D eigenvalue weighted by Gasteiger charge is -2.04. The molecule has 0 radical (unpaired) electrons. The van der Waals surface area contributed by atoms with Gasteiger partial charge in [-0.25, -0.2) is 0 Å². The van der Waals surface area contributed by atoms with Crippen molar-refractivity contribution in [2.45, 2.75) is 25.7 Å². The summed E-state index contributed by atoms with van der Waals surface area (Å²) >= 11 is 0. The second-order valence-corrected chi connectivity index (χ2v) is 12.1. The van der Waals surface area contributed by atoms with Crippen LogP contribution < -0.4 is 9.47 Å². The number of benzene rings is 2. The number of ether oxygens (including phenoxy) is 2. The summed E-state index contributed by atoms with van der Waals surface area (Å²) in [6, 6.07) is 18.0. The number of para-hydroxylation sites is 2. The van der Waals surface area contributed by atoms with Crippen LogP contribution in [0.25, 0.3) is 0 Å². The molecule has 2 N–H and O–H groups in total. The van der Waals surface area contributed by atoms with Crippen LogP contribution in [0, 0.1) is 0 Å². The lowest BCUT2D eigenvalue weighted by molar-refractivity contribution is -0.137. The Morgan fingerprint density at radius 3 is 1.14 bits per heavy atom. The number of esters is 2. The molecule has 36 heavy (non-hydrogen) atoms. The van der Waals surface area contributed by atoms with Gasteiger partial charge in [-0.05, 0) is 24.3 Å². The minimum Gasteiger partial charge on any atom is -0.481 e. The zero-order chi connectivity index (χ0) is 26.4. The average Bonchev–Trinajstić information content (AvgIpc) is 2.85. The van der Waals surface area contributed by atoms with Crippen LogP contribution in [0.3, 0.4) is 0 Å². The first-order valence-corrected chi connectivity index (χ1v) is 15.8. The van der Waals surface area contributed by atoms with E-state index in [4.69, 9.17) is 19.7 Å². The Labute approximate surface area is 226 Å². The van der Waals surface area contributed by atoms with E-state index < -0.39 is 11.9 Å². The Bertz CT molecular complexity index is 837. The Morgan fingerprint density at radius 2 is 0.833 bits per heavy atom. The molecule has 2 rings (SSSR count). The van der Waals surface area contributed by atoms with Gasteiger partial charge in [0.2, 0.25) is 0 Å². The predicted molar refractivity (Wildman–Crippen MR) is 148 cm³/mol. The van der Waals surface area contributed by atoms with E-state index in [1.807, 2.05) is 36.4 Å². The third-order valence-electron chi connectivity index (χ3n) is 3.69. The van der Waals surface area contributed by atoms with Crippen molar-refractivity contribution in [3.63, 3.8) is 0 Å². The van der Waals surface area contributed by atoms with Crippen LogP contribution >= 0.6 is 43.2 Å².